The fraction of sp³-hybridized carbons (Fsp3) is 0.417. The van der Waals surface area contributed by atoms with Gasteiger partial charge in [-0.1, -0.05) is 60.0 Å². The molecule has 0 unspecified atom stereocenters. The van der Waals surface area contributed by atoms with Gasteiger partial charge in [-0.15, -0.1) is 0 Å². The van der Waals surface area contributed by atoms with Crippen molar-refractivity contribution in [3.63, 3.8) is 0 Å². The summed E-state index contributed by atoms with van der Waals surface area (Å²) in [6.45, 7) is 6.12. The van der Waals surface area contributed by atoms with E-state index in [9.17, 15) is 39.6 Å². The van der Waals surface area contributed by atoms with E-state index in [0.29, 0.717) is 32.4 Å². The lowest BCUT2D eigenvalue weighted by Crippen LogP contribution is -2.39. The van der Waals surface area contributed by atoms with Gasteiger partial charge in [-0.3, -0.25) is 14.4 Å². The first kappa shape index (κ1) is 45.4. The number of rotatable bonds is 22. The minimum atomic E-state index is -3.71. The van der Waals surface area contributed by atoms with Crippen LogP contribution in [0.1, 0.15) is 49.3 Å². The molecule has 0 heterocycles. The molecule has 0 aliphatic rings. The largest absolute Gasteiger partial charge is 0.465 e. The maximum Gasteiger partial charge on any atom is 0.306 e. The van der Waals surface area contributed by atoms with Gasteiger partial charge in [0.2, 0.25) is 26.6 Å². The van der Waals surface area contributed by atoms with Crippen molar-refractivity contribution < 1.29 is 53.8 Å². The lowest BCUT2D eigenvalue weighted by molar-refractivity contribution is -0.161. The average Bonchev–Trinajstić information content (AvgIpc) is 3.12. The standard InChI is InChI=1S/C36H44O12S6/c1-5-36(24-46-33(37)18-21-49-52(40,41)30-12-6-27(2)7-13-30,25-47-34(38)19-22-50-53(42,43)31-14-8-28(3)9-15-31)26-48-35(39)20-23-51-54(44,45)32-16-10-29(4)11-17-32/h6-17H,5,18-26H2,1-4H3. The zero-order valence-corrected chi connectivity index (χ0v) is 35.2. The van der Waals surface area contributed by atoms with Crippen molar-refractivity contribution in [1.29, 1.82) is 0 Å². The highest BCUT2D eigenvalue weighted by atomic mass is 33.1. The minimum Gasteiger partial charge on any atom is -0.465 e. The van der Waals surface area contributed by atoms with Gasteiger partial charge in [-0.05, 0) is 96.0 Å². The van der Waals surface area contributed by atoms with Crippen molar-refractivity contribution in [2.45, 2.75) is 68.1 Å². The minimum absolute atomic E-state index is 0.0928. The molecule has 0 spiro atoms. The summed E-state index contributed by atoms with van der Waals surface area (Å²) in [5, 5.41) is 0. The Morgan fingerprint density at radius 2 is 0.722 bits per heavy atom. The Morgan fingerprint density at radius 1 is 0.481 bits per heavy atom. The second kappa shape index (κ2) is 20.8. The van der Waals surface area contributed by atoms with Crippen LogP contribution in [0.25, 0.3) is 0 Å². The summed E-state index contributed by atoms with van der Waals surface area (Å²) < 4.78 is 92.4. The van der Waals surface area contributed by atoms with Gasteiger partial charge < -0.3 is 14.2 Å². The summed E-state index contributed by atoms with van der Waals surface area (Å²) in [5.74, 6) is -2.47. The number of ether oxygens (including phenoxy) is 3. The van der Waals surface area contributed by atoms with Gasteiger partial charge in [0.15, 0.2) is 0 Å². The van der Waals surface area contributed by atoms with E-state index in [1.807, 2.05) is 20.8 Å². The van der Waals surface area contributed by atoms with Crippen LogP contribution >= 0.6 is 32.4 Å². The molecule has 0 saturated heterocycles. The van der Waals surface area contributed by atoms with Gasteiger partial charge in [-0.2, -0.15) is 0 Å². The third-order valence-electron chi connectivity index (χ3n) is 7.93. The third kappa shape index (κ3) is 14.9. The quantitative estimate of drug-likeness (QED) is 0.0608. The molecule has 0 aromatic heterocycles. The number of carbonyl (C=O) groups excluding carboxylic acids is 3. The zero-order chi connectivity index (χ0) is 40.0. The highest BCUT2D eigenvalue weighted by Gasteiger charge is 2.34. The molecular formula is C36H44O12S6. The van der Waals surface area contributed by atoms with Crippen molar-refractivity contribution in [1.82, 2.24) is 0 Å². The summed E-state index contributed by atoms with van der Waals surface area (Å²) in [6.07, 6.45) is -0.567. The molecule has 0 bridgehead atoms. The van der Waals surface area contributed by atoms with Crippen LogP contribution in [-0.4, -0.2) is 80.2 Å². The SMILES string of the molecule is CCC(COC(=O)CCSS(=O)(=O)c1ccc(C)cc1)(COC(=O)CCSS(=O)(=O)c1ccc(C)cc1)COC(=O)CCSS(=O)(=O)c1ccc(C)cc1. The summed E-state index contributed by atoms with van der Waals surface area (Å²) in [5.41, 5.74) is 1.47. The first-order chi connectivity index (χ1) is 25.4. The molecule has 0 N–H and O–H groups in total. The van der Waals surface area contributed by atoms with E-state index in [4.69, 9.17) is 14.2 Å². The molecule has 0 atom stereocenters. The fourth-order valence-electron chi connectivity index (χ4n) is 4.37. The molecule has 54 heavy (non-hydrogen) atoms. The van der Waals surface area contributed by atoms with Crippen molar-refractivity contribution >= 4 is 76.9 Å². The van der Waals surface area contributed by atoms with Gasteiger partial charge in [-0.25, -0.2) is 25.3 Å². The van der Waals surface area contributed by atoms with E-state index in [0.717, 1.165) is 16.7 Å². The van der Waals surface area contributed by atoms with Crippen LogP contribution < -0.4 is 0 Å². The normalized spacial score (nSPS) is 12.2. The Labute approximate surface area is 328 Å². The topological polar surface area (TPSA) is 181 Å². The Hall–Kier alpha value is -3.03. The predicted octanol–water partition coefficient (Wildman–Crippen LogP) is 6.47. The van der Waals surface area contributed by atoms with E-state index in [2.05, 4.69) is 0 Å². The second-order valence-corrected chi connectivity index (χ2v) is 24.5. The van der Waals surface area contributed by atoms with Crippen LogP contribution in [0.4, 0.5) is 0 Å². The van der Waals surface area contributed by atoms with Crippen molar-refractivity contribution in [2.24, 2.45) is 5.41 Å². The number of aryl methyl sites for hydroxylation is 3. The molecule has 3 aromatic rings. The van der Waals surface area contributed by atoms with E-state index in [1.165, 1.54) is 36.4 Å². The van der Waals surface area contributed by atoms with Gasteiger partial charge >= 0.3 is 17.9 Å². The Morgan fingerprint density at radius 3 is 0.944 bits per heavy atom. The van der Waals surface area contributed by atoms with Crippen molar-refractivity contribution in [2.75, 3.05) is 37.1 Å². The summed E-state index contributed by atoms with van der Waals surface area (Å²) in [7, 11) is -9.35. The van der Waals surface area contributed by atoms with Gasteiger partial charge in [0.25, 0.3) is 0 Å². The maximum absolute atomic E-state index is 12.7. The number of esters is 3. The number of hydrogen-bond acceptors (Lipinski definition) is 15. The van der Waals surface area contributed by atoms with Gasteiger partial charge in [0, 0.05) is 17.3 Å². The molecule has 0 radical (unpaired) electrons. The predicted molar refractivity (Wildman–Crippen MR) is 212 cm³/mol. The summed E-state index contributed by atoms with van der Waals surface area (Å²) in [4.78, 5) is 38.5. The second-order valence-electron chi connectivity index (χ2n) is 12.4. The smallest absolute Gasteiger partial charge is 0.306 e. The molecule has 0 amide bonds. The number of benzene rings is 3. The molecule has 18 heteroatoms. The van der Waals surface area contributed by atoms with Crippen molar-refractivity contribution in [3.8, 4) is 0 Å². The summed E-state index contributed by atoms with van der Waals surface area (Å²) in [6, 6.07) is 18.9. The van der Waals surface area contributed by atoms with Crippen LogP contribution in [0, 0.1) is 26.2 Å². The zero-order valence-electron chi connectivity index (χ0n) is 30.3. The molecule has 296 valence electrons. The van der Waals surface area contributed by atoms with E-state index in [1.54, 1.807) is 43.3 Å². The Kier molecular flexibility index (Phi) is 17.4. The van der Waals surface area contributed by atoms with Gasteiger partial charge in [0.05, 0.1) is 39.4 Å². The molecule has 3 rings (SSSR count). The van der Waals surface area contributed by atoms with Crippen LogP contribution in [-0.2, 0) is 55.2 Å². The first-order valence-corrected chi connectivity index (χ1v) is 25.7. The summed E-state index contributed by atoms with van der Waals surface area (Å²) >= 11 is 0. The van der Waals surface area contributed by atoms with Crippen LogP contribution in [0.2, 0.25) is 0 Å². The Bertz CT molecular complexity index is 1810. The average molecular weight is 861 g/mol. The fourth-order valence-corrected chi connectivity index (χ4v) is 12.5. The molecule has 0 saturated carbocycles. The number of hydrogen-bond donors (Lipinski definition) is 0. The first-order valence-electron chi connectivity index (χ1n) is 16.7. The van der Waals surface area contributed by atoms with Crippen LogP contribution in [0.15, 0.2) is 87.5 Å². The third-order valence-corrected chi connectivity index (χ3v) is 18.5. The highest BCUT2D eigenvalue weighted by Crippen LogP contribution is 2.29. The highest BCUT2D eigenvalue weighted by molar-refractivity contribution is 8.72. The molecule has 3 aromatic carbocycles. The van der Waals surface area contributed by atoms with E-state index in [-0.39, 0.29) is 77.4 Å². The Balaban J connectivity index is 1.59. The molecule has 0 fully saturated rings. The lowest BCUT2D eigenvalue weighted by atomic mass is 9.88. The van der Waals surface area contributed by atoms with Gasteiger partial charge in [0.1, 0.15) is 19.8 Å². The molecule has 0 aliphatic heterocycles. The van der Waals surface area contributed by atoms with E-state index < -0.39 is 49.9 Å². The lowest BCUT2D eigenvalue weighted by Gasteiger charge is -2.31. The molecular weight excluding hydrogens is 817 g/mol. The maximum atomic E-state index is 12.7. The number of carbonyl (C=O) groups is 3. The molecule has 0 aliphatic carbocycles. The van der Waals surface area contributed by atoms with Crippen LogP contribution in [0.3, 0.4) is 0 Å². The monoisotopic (exact) mass is 860 g/mol. The van der Waals surface area contributed by atoms with Crippen LogP contribution in [0.5, 0.6) is 0 Å². The van der Waals surface area contributed by atoms with Crippen molar-refractivity contribution in [3.05, 3.63) is 89.5 Å². The molecule has 12 nitrogen and oxygen atoms in total. The van der Waals surface area contributed by atoms with E-state index >= 15 is 0 Å².